The van der Waals surface area contributed by atoms with Gasteiger partial charge in [-0.2, -0.15) is 0 Å². The van der Waals surface area contributed by atoms with Crippen molar-refractivity contribution < 1.29 is 14.6 Å². The maximum atomic E-state index is 9.72. The van der Waals surface area contributed by atoms with Crippen molar-refractivity contribution in [2.75, 3.05) is 20.3 Å². The number of pyridine rings is 1. The first-order valence-corrected chi connectivity index (χ1v) is 4.54. The molecule has 4 heteroatoms. The second-order valence-corrected chi connectivity index (χ2v) is 2.78. The van der Waals surface area contributed by atoms with Crippen LogP contribution in [-0.4, -0.2) is 30.4 Å². The van der Waals surface area contributed by atoms with Crippen molar-refractivity contribution in [3.63, 3.8) is 0 Å². The molecule has 0 aromatic carbocycles. The van der Waals surface area contributed by atoms with Crippen molar-refractivity contribution in [3.05, 3.63) is 23.9 Å². The van der Waals surface area contributed by atoms with Gasteiger partial charge in [0.15, 0.2) is 0 Å². The molecule has 0 aliphatic carbocycles. The normalized spacial score (nSPS) is 12.5. The lowest BCUT2D eigenvalue weighted by Gasteiger charge is -2.13. The molecule has 0 aliphatic heterocycles. The minimum absolute atomic E-state index is 0.262. The molecule has 1 rings (SSSR count). The zero-order valence-electron chi connectivity index (χ0n) is 8.43. The Kier molecular flexibility index (Phi) is 4.35. The first kappa shape index (κ1) is 10.9. The Morgan fingerprint density at radius 3 is 3.00 bits per heavy atom. The summed E-state index contributed by atoms with van der Waals surface area (Å²) in [5.74, 6) is 0.444. The molecule has 1 aromatic heterocycles. The van der Waals surface area contributed by atoms with Gasteiger partial charge >= 0.3 is 0 Å². The van der Waals surface area contributed by atoms with Gasteiger partial charge < -0.3 is 14.6 Å². The second-order valence-electron chi connectivity index (χ2n) is 2.78. The van der Waals surface area contributed by atoms with E-state index in [1.165, 1.54) is 7.11 Å². The summed E-state index contributed by atoms with van der Waals surface area (Å²) in [6.07, 6.45) is 0.939. The number of hydrogen-bond donors (Lipinski definition) is 1. The van der Waals surface area contributed by atoms with E-state index in [-0.39, 0.29) is 6.61 Å². The molecule has 0 amide bonds. The van der Waals surface area contributed by atoms with E-state index in [9.17, 15) is 5.11 Å². The fourth-order valence-electron chi connectivity index (χ4n) is 1.15. The minimum Gasteiger partial charge on any atom is -0.481 e. The molecule has 1 N–H and O–H groups in total. The summed E-state index contributed by atoms with van der Waals surface area (Å²) in [4.78, 5) is 3.99. The molecule has 0 aliphatic rings. The molecule has 1 aromatic rings. The Hall–Kier alpha value is -1.13. The molecule has 4 nitrogen and oxygen atoms in total. The number of rotatable bonds is 5. The van der Waals surface area contributed by atoms with Gasteiger partial charge in [0.1, 0.15) is 6.10 Å². The topological polar surface area (TPSA) is 51.6 Å². The van der Waals surface area contributed by atoms with Gasteiger partial charge in [-0.05, 0) is 19.1 Å². The van der Waals surface area contributed by atoms with Gasteiger partial charge in [-0.1, -0.05) is 0 Å². The predicted octanol–water partition coefficient (Wildman–Crippen LogP) is 1.16. The third kappa shape index (κ3) is 2.68. The monoisotopic (exact) mass is 197 g/mol. The number of hydrogen-bond acceptors (Lipinski definition) is 4. The Bertz CT molecular complexity index is 278. The Morgan fingerprint density at radius 1 is 1.57 bits per heavy atom. The number of ether oxygens (including phenoxy) is 2. The van der Waals surface area contributed by atoms with Gasteiger partial charge in [0.25, 0.3) is 0 Å². The lowest BCUT2D eigenvalue weighted by atomic mass is 10.1. The van der Waals surface area contributed by atoms with Crippen LogP contribution in [0.5, 0.6) is 5.88 Å². The third-order valence-electron chi connectivity index (χ3n) is 1.83. The van der Waals surface area contributed by atoms with E-state index in [1.54, 1.807) is 18.3 Å². The average molecular weight is 197 g/mol. The maximum Gasteiger partial charge on any atom is 0.218 e. The number of methoxy groups -OCH3 is 1. The van der Waals surface area contributed by atoms with Crippen molar-refractivity contribution >= 4 is 0 Å². The molecule has 0 saturated heterocycles. The van der Waals surface area contributed by atoms with E-state index in [0.717, 1.165) is 0 Å². The Labute approximate surface area is 83.5 Å². The molecule has 1 unspecified atom stereocenters. The fraction of sp³-hybridized carbons (Fsp3) is 0.500. The highest BCUT2D eigenvalue weighted by atomic mass is 16.5. The van der Waals surface area contributed by atoms with E-state index in [4.69, 9.17) is 9.47 Å². The molecule has 0 radical (unpaired) electrons. The molecule has 0 saturated carbocycles. The predicted molar refractivity (Wildman–Crippen MR) is 52.2 cm³/mol. The van der Waals surface area contributed by atoms with Gasteiger partial charge in [-0.15, -0.1) is 0 Å². The second kappa shape index (κ2) is 5.57. The summed E-state index contributed by atoms with van der Waals surface area (Å²) in [5.41, 5.74) is 0.656. The fourth-order valence-corrected chi connectivity index (χ4v) is 1.15. The Morgan fingerprint density at radius 2 is 2.36 bits per heavy atom. The first-order chi connectivity index (χ1) is 6.79. The van der Waals surface area contributed by atoms with Crippen LogP contribution in [0.25, 0.3) is 0 Å². The number of aliphatic hydroxyl groups excluding tert-OH is 1. The summed E-state index contributed by atoms with van der Waals surface area (Å²) < 4.78 is 10.1. The summed E-state index contributed by atoms with van der Waals surface area (Å²) in [6, 6.07) is 3.53. The Balaban J connectivity index is 2.72. The standard InChI is InChI=1S/C10H15NO3/c1-3-14-7-9(12)8-5-4-6-11-10(8)13-2/h4-6,9,12H,3,7H2,1-2H3. The van der Waals surface area contributed by atoms with Gasteiger partial charge in [-0.3, -0.25) is 0 Å². The number of aromatic nitrogens is 1. The van der Waals surface area contributed by atoms with Gasteiger partial charge in [-0.25, -0.2) is 4.98 Å². The van der Waals surface area contributed by atoms with Crippen LogP contribution < -0.4 is 4.74 Å². The van der Waals surface area contributed by atoms with E-state index < -0.39 is 6.10 Å². The highest BCUT2D eigenvalue weighted by Crippen LogP contribution is 2.21. The van der Waals surface area contributed by atoms with Crippen molar-refractivity contribution in [3.8, 4) is 5.88 Å². The van der Waals surface area contributed by atoms with Crippen LogP contribution in [0.1, 0.15) is 18.6 Å². The first-order valence-electron chi connectivity index (χ1n) is 4.54. The van der Waals surface area contributed by atoms with Crippen molar-refractivity contribution in [2.45, 2.75) is 13.0 Å². The summed E-state index contributed by atoms with van der Waals surface area (Å²) in [5, 5.41) is 9.72. The molecule has 0 bridgehead atoms. The van der Waals surface area contributed by atoms with Crippen molar-refractivity contribution in [1.82, 2.24) is 4.98 Å². The van der Waals surface area contributed by atoms with Crippen LogP contribution in [0, 0.1) is 0 Å². The minimum atomic E-state index is -0.682. The van der Waals surface area contributed by atoms with E-state index >= 15 is 0 Å². The number of nitrogens with zero attached hydrogens (tertiary/aromatic N) is 1. The molecule has 1 atom stereocenters. The molecular formula is C10H15NO3. The lowest BCUT2D eigenvalue weighted by Crippen LogP contribution is -2.09. The molecule has 14 heavy (non-hydrogen) atoms. The third-order valence-corrected chi connectivity index (χ3v) is 1.83. The van der Waals surface area contributed by atoms with Gasteiger partial charge in [0, 0.05) is 18.4 Å². The molecule has 78 valence electrons. The zero-order chi connectivity index (χ0) is 10.4. The molecule has 0 spiro atoms. The van der Waals surface area contributed by atoms with E-state index in [1.807, 2.05) is 6.92 Å². The van der Waals surface area contributed by atoms with Crippen LogP contribution >= 0.6 is 0 Å². The lowest BCUT2D eigenvalue weighted by molar-refractivity contribution is 0.0404. The van der Waals surface area contributed by atoms with Crippen LogP contribution in [0.2, 0.25) is 0 Å². The number of aliphatic hydroxyl groups is 1. The highest BCUT2D eigenvalue weighted by Gasteiger charge is 2.13. The maximum absolute atomic E-state index is 9.72. The van der Waals surface area contributed by atoms with Crippen LogP contribution in [0.4, 0.5) is 0 Å². The van der Waals surface area contributed by atoms with E-state index in [0.29, 0.717) is 18.1 Å². The van der Waals surface area contributed by atoms with Crippen LogP contribution in [0.3, 0.4) is 0 Å². The zero-order valence-corrected chi connectivity index (χ0v) is 8.43. The van der Waals surface area contributed by atoms with Crippen LogP contribution in [-0.2, 0) is 4.74 Å². The van der Waals surface area contributed by atoms with Crippen LogP contribution in [0.15, 0.2) is 18.3 Å². The van der Waals surface area contributed by atoms with Crippen molar-refractivity contribution in [2.24, 2.45) is 0 Å². The van der Waals surface area contributed by atoms with Gasteiger partial charge in [0.2, 0.25) is 5.88 Å². The average Bonchev–Trinajstić information content (AvgIpc) is 2.25. The van der Waals surface area contributed by atoms with Gasteiger partial charge in [0.05, 0.1) is 13.7 Å². The molecule has 0 fully saturated rings. The summed E-state index contributed by atoms with van der Waals surface area (Å²) >= 11 is 0. The summed E-state index contributed by atoms with van der Waals surface area (Å²) in [7, 11) is 1.53. The quantitative estimate of drug-likeness (QED) is 0.769. The smallest absolute Gasteiger partial charge is 0.218 e. The SMILES string of the molecule is CCOCC(O)c1cccnc1OC. The summed E-state index contributed by atoms with van der Waals surface area (Å²) in [6.45, 7) is 2.73. The van der Waals surface area contributed by atoms with E-state index in [2.05, 4.69) is 4.98 Å². The largest absolute Gasteiger partial charge is 0.481 e. The molecule has 1 heterocycles. The van der Waals surface area contributed by atoms with Crippen molar-refractivity contribution in [1.29, 1.82) is 0 Å². The highest BCUT2D eigenvalue weighted by molar-refractivity contribution is 5.27. The molecular weight excluding hydrogens is 182 g/mol.